The molecule has 1 fully saturated rings. The van der Waals surface area contributed by atoms with Gasteiger partial charge in [0.15, 0.2) is 0 Å². The van der Waals surface area contributed by atoms with Crippen molar-refractivity contribution in [2.45, 2.75) is 19.3 Å². The number of aromatic nitrogens is 2. The Labute approximate surface area is 141 Å². The Morgan fingerprint density at radius 3 is 2.50 bits per heavy atom. The second kappa shape index (κ2) is 7.77. The Hall–Kier alpha value is -2.63. The molecular formula is C18H22N4O2. The molecule has 6 nitrogen and oxygen atoms in total. The van der Waals surface area contributed by atoms with Gasteiger partial charge in [-0.15, -0.1) is 0 Å². The number of carbonyl (C=O) groups excluding carboxylic acids is 1. The standard InChI is InChI=1S/C18H22N4O2/c23-16-4-2-14(3-5-16)6-11-19-17(24)15-7-12-22(13-8-15)18-20-9-1-10-21-18/h1-5,9-10,15,23H,6-8,11-13H2,(H,19,24). The van der Waals surface area contributed by atoms with Gasteiger partial charge in [0, 0.05) is 37.9 Å². The van der Waals surface area contributed by atoms with E-state index in [2.05, 4.69) is 20.2 Å². The van der Waals surface area contributed by atoms with Gasteiger partial charge in [0.25, 0.3) is 0 Å². The van der Waals surface area contributed by atoms with E-state index < -0.39 is 0 Å². The molecule has 2 N–H and O–H groups in total. The van der Waals surface area contributed by atoms with E-state index in [1.807, 2.05) is 12.1 Å². The lowest BCUT2D eigenvalue weighted by molar-refractivity contribution is -0.125. The summed E-state index contributed by atoms with van der Waals surface area (Å²) in [6.45, 7) is 2.23. The maximum absolute atomic E-state index is 12.3. The van der Waals surface area contributed by atoms with Crippen LogP contribution in [0.1, 0.15) is 18.4 Å². The zero-order valence-electron chi connectivity index (χ0n) is 13.6. The van der Waals surface area contributed by atoms with Crippen LogP contribution in [0, 0.1) is 5.92 Å². The van der Waals surface area contributed by atoms with Gasteiger partial charge in [-0.25, -0.2) is 9.97 Å². The summed E-state index contributed by atoms with van der Waals surface area (Å²) in [5.74, 6) is 1.19. The van der Waals surface area contributed by atoms with Crippen LogP contribution in [0.15, 0.2) is 42.7 Å². The molecule has 1 amide bonds. The minimum absolute atomic E-state index is 0.0600. The SMILES string of the molecule is O=C(NCCc1ccc(O)cc1)C1CCN(c2ncccn2)CC1. The largest absolute Gasteiger partial charge is 0.508 e. The van der Waals surface area contributed by atoms with E-state index >= 15 is 0 Å². The van der Waals surface area contributed by atoms with Gasteiger partial charge in [-0.1, -0.05) is 12.1 Å². The number of rotatable bonds is 5. The van der Waals surface area contributed by atoms with Gasteiger partial charge >= 0.3 is 0 Å². The molecule has 1 aliphatic rings. The third kappa shape index (κ3) is 4.22. The van der Waals surface area contributed by atoms with E-state index in [9.17, 15) is 9.90 Å². The molecule has 0 unspecified atom stereocenters. The summed E-state index contributed by atoms with van der Waals surface area (Å²) in [4.78, 5) is 22.9. The van der Waals surface area contributed by atoms with Crippen molar-refractivity contribution < 1.29 is 9.90 Å². The van der Waals surface area contributed by atoms with Crippen LogP contribution < -0.4 is 10.2 Å². The monoisotopic (exact) mass is 326 g/mol. The number of amides is 1. The third-order valence-electron chi connectivity index (χ3n) is 4.35. The Balaban J connectivity index is 1.41. The zero-order valence-corrected chi connectivity index (χ0v) is 13.6. The first-order valence-corrected chi connectivity index (χ1v) is 8.30. The molecule has 2 aromatic rings. The van der Waals surface area contributed by atoms with Crippen molar-refractivity contribution in [3.63, 3.8) is 0 Å². The Kier molecular flexibility index (Phi) is 5.25. The van der Waals surface area contributed by atoms with Crippen molar-refractivity contribution >= 4 is 11.9 Å². The van der Waals surface area contributed by atoms with Gasteiger partial charge in [0.1, 0.15) is 5.75 Å². The molecule has 0 saturated carbocycles. The van der Waals surface area contributed by atoms with Crippen molar-refractivity contribution in [1.29, 1.82) is 0 Å². The normalized spacial score (nSPS) is 15.2. The molecule has 0 aliphatic carbocycles. The highest BCUT2D eigenvalue weighted by Gasteiger charge is 2.25. The lowest BCUT2D eigenvalue weighted by atomic mass is 9.96. The average Bonchev–Trinajstić information content (AvgIpc) is 2.64. The number of anilines is 1. The number of piperidine rings is 1. The molecule has 0 spiro atoms. The van der Waals surface area contributed by atoms with Crippen LogP contribution in [0.3, 0.4) is 0 Å². The predicted octanol–water partition coefficient (Wildman–Crippen LogP) is 1.76. The highest BCUT2D eigenvalue weighted by atomic mass is 16.3. The number of nitrogens with zero attached hydrogens (tertiary/aromatic N) is 3. The number of carbonyl (C=O) groups is 1. The smallest absolute Gasteiger partial charge is 0.225 e. The number of phenolic OH excluding ortho intramolecular Hbond substituents is 1. The Morgan fingerprint density at radius 2 is 1.83 bits per heavy atom. The predicted molar refractivity (Wildman–Crippen MR) is 91.8 cm³/mol. The van der Waals surface area contributed by atoms with Crippen LogP contribution >= 0.6 is 0 Å². The summed E-state index contributed by atoms with van der Waals surface area (Å²) in [5, 5.41) is 12.3. The number of hydrogen-bond acceptors (Lipinski definition) is 5. The molecule has 0 atom stereocenters. The lowest BCUT2D eigenvalue weighted by Gasteiger charge is -2.31. The van der Waals surface area contributed by atoms with Crippen LogP contribution in [-0.4, -0.2) is 40.6 Å². The van der Waals surface area contributed by atoms with Crippen molar-refractivity contribution in [2.24, 2.45) is 5.92 Å². The highest BCUT2D eigenvalue weighted by Crippen LogP contribution is 2.20. The fraction of sp³-hybridized carbons (Fsp3) is 0.389. The van der Waals surface area contributed by atoms with Gasteiger partial charge in [0.05, 0.1) is 0 Å². The molecular weight excluding hydrogens is 304 g/mol. The average molecular weight is 326 g/mol. The zero-order chi connectivity index (χ0) is 16.8. The molecule has 3 rings (SSSR count). The van der Waals surface area contributed by atoms with Gasteiger partial charge in [-0.2, -0.15) is 0 Å². The van der Waals surface area contributed by atoms with Gasteiger partial charge in [-0.05, 0) is 43.0 Å². The lowest BCUT2D eigenvalue weighted by Crippen LogP contribution is -2.41. The topological polar surface area (TPSA) is 78.4 Å². The van der Waals surface area contributed by atoms with Crippen molar-refractivity contribution in [1.82, 2.24) is 15.3 Å². The van der Waals surface area contributed by atoms with Crippen LogP contribution in [0.25, 0.3) is 0 Å². The maximum atomic E-state index is 12.3. The first kappa shape index (κ1) is 16.2. The number of hydrogen-bond donors (Lipinski definition) is 2. The van der Waals surface area contributed by atoms with Gasteiger partial charge in [-0.3, -0.25) is 4.79 Å². The molecule has 24 heavy (non-hydrogen) atoms. The van der Waals surface area contributed by atoms with Gasteiger partial charge < -0.3 is 15.3 Å². The molecule has 1 aromatic heterocycles. The van der Waals surface area contributed by atoms with Crippen LogP contribution in [0.2, 0.25) is 0 Å². The van der Waals surface area contributed by atoms with E-state index in [1.54, 1.807) is 30.6 Å². The Morgan fingerprint density at radius 1 is 1.17 bits per heavy atom. The second-order valence-corrected chi connectivity index (χ2v) is 6.02. The highest BCUT2D eigenvalue weighted by molar-refractivity contribution is 5.78. The minimum atomic E-state index is 0.0600. The quantitative estimate of drug-likeness (QED) is 0.875. The van der Waals surface area contributed by atoms with E-state index in [0.717, 1.165) is 43.9 Å². The first-order chi connectivity index (χ1) is 11.7. The molecule has 1 saturated heterocycles. The Bertz CT molecular complexity index is 652. The molecule has 126 valence electrons. The molecule has 2 heterocycles. The van der Waals surface area contributed by atoms with Gasteiger partial charge in [0.2, 0.25) is 11.9 Å². The summed E-state index contributed by atoms with van der Waals surface area (Å²) in [6.07, 6.45) is 5.89. The first-order valence-electron chi connectivity index (χ1n) is 8.30. The molecule has 6 heteroatoms. The summed E-state index contributed by atoms with van der Waals surface area (Å²) < 4.78 is 0. The molecule has 0 bridgehead atoms. The van der Waals surface area contributed by atoms with E-state index in [0.29, 0.717) is 6.54 Å². The van der Waals surface area contributed by atoms with Crippen molar-refractivity contribution in [3.05, 3.63) is 48.3 Å². The molecule has 1 aliphatic heterocycles. The van der Waals surface area contributed by atoms with E-state index in [-0.39, 0.29) is 17.6 Å². The third-order valence-corrected chi connectivity index (χ3v) is 4.35. The van der Waals surface area contributed by atoms with Crippen molar-refractivity contribution in [2.75, 3.05) is 24.5 Å². The fourth-order valence-electron chi connectivity index (χ4n) is 2.93. The van der Waals surface area contributed by atoms with Crippen LogP contribution in [0.5, 0.6) is 5.75 Å². The summed E-state index contributed by atoms with van der Waals surface area (Å²) in [7, 11) is 0. The maximum Gasteiger partial charge on any atom is 0.225 e. The number of nitrogens with one attached hydrogen (secondary N) is 1. The van der Waals surface area contributed by atoms with Crippen LogP contribution in [0.4, 0.5) is 5.95 Å². The summed E-state index contributed by atoms with van der Waals surface area (Å²) in [6, 6.07) is 8.88. The summed E-state index contributed by atoms with van der Waals surface area (Å²) >= 11 is 0. The molecule has 0 radical (unpaired) electrons. The van der Waals surface area contributed by atoms with Crippen LogP contribution in [-0.2, 0) is 11.2 Å². The molecule has 1 aromatic carbocycles. The number of benzene rings is 1. The van der Waals surface area contributed by atoms with E-state index in [1.165, 1.54) is 0 Å². The van der Waals surface area contributed by atoms with E-state index in [4.69, 9.17) is 0 Å². The number of aromatic hydroxyl groups is 1. The summed E-state index contributed by atoms with van der Waals surface area (Å²) in [5.41, 5.74) is 1.10. The second-order valence-electron chi connectivity index (χ2n) is 6.02. The minimum Gasteiger partial charge on any atom is -0.508 e. The van der Waals surface area contributed by atoms with Crippen molar-refractivity contribution in [3.8, 4) is 5.75 Å². The number of phenols is 1. The fourth-order valence-corrected chi connectivity index (χ4v) is 2.93.